The van der Waals surface area contributed by atoms with Gasteiger partial charge in [-0.25, -0.2) is 8.78 Å². The second-order valence-electron chi connectivity index (χ2n) is 5.86. The fourth-order valence-electron chi connectivity index (χ4n) is 2.97. The van der Waals surface area contributed by atoms with Crippen LogP contribution in [-0.4, -0.2) is 5.91 Å². The maximum Gasteiger partial charge on any atom is 0.235 e. The zero-order chi connectivity index (χ0) is 15.7. The first-order valence-electron chi connectivity index (χ1n) is 7.35. The molecule has 0 radical (unpaired) electrons. The molecule has 0 spiro atoms. The number of amides is 1. The fraction of sp³-hybridized carbons (Fsp3) is 0.278. The SMILES string of the molecule is Cc1cc(F)ccc1NC(=O)C1(c2cccc(F)c2)CCC1. The van der Waals surface area contributed by atoms with Crippen molar-refractivity contribution in [1.29, 1.82) is 0 Å². The summed E-state index contributed by atoms with van der Waals surface area (Å²) in [6.45, 7) is 1.74. The van der Waals surface area contributed by atoms with Gasteiger partial charge >= 0.3 is 0 Å². The third kappa shape index (κ3) is 2.49. The van der Waals surface area contributed by atoms with Crippen molar-refractivity contribution in [2.45, 2.75) is 31.6 Å². The topological polar surface area (TPSA) is 29.1 Å². The van der Waals surface area contributed by atoms with Gasteiger partial charge in [-0.15, -0.1) is 0 Å². The highest BCUT2D eigenvalue weighted by Gasteiger charge is 2.45. The lowest BCUT2D eigenvalue weighted by Gasteiger charge is -2.40. The lowest BCUT2D eigenvalue weighted by Crippen LogP contribution is -2.46. The van der Waals surface area contributed by atoms with Crippen molar-refractivity contribution >= 4 is 11.6 Å². The summed E-state index contributed by atoms with van der Waals surface area (Å²) in [5.41, 5.74) is 1.29. The van der Waals surface area contributed by atoms with Crippen molar-refractivity contribution in [2.24, 2.45) is 0 Å². The monoisotopic (exact) mass is 301 g/mol. The third-order valence-corrected chi connectivity index (χ3v) is 4.46. The molecule has 22 heavy (non-hydrogen) atoms. The van der Waals surface area contributed by atoms with E-state index in [0.29, 0.717) is 29.7 Å². The van der Waals surface area contributed by atoms with E-state index in [1.165, 1.54) is 24.3 Å². The highest BCUT2D eigenvalue weighted by Crippen LogP contribution is 2.44. The van der Waals surface area contributed by atoms with Crippen LogP contribution in [0, 0.1) is 18.6 Å². The summed E-state index contributed by atoms with van der Waals surface area (Å²) in [5.74, 6) is -0.826. The minimum Gasteiger partial charge on any atom is -0.325 e. The molecule has 2 aromatic carbocycles. The van der Waals surface area contributed by atoms with Crippen molar-refractivity contribution < 1.29 is 13.6 Å². The molecular weight excluding hydrogens is 284 g/mol. The largest absolute Gasteiger partial charge is 0.325 e. The predicted octanol–water partition coefficient (Wildman–Crippen LogP) is 4.33. The summed E-state index contributed by atoms with van der Waals surface area (Å²) in [6.07, 6.45) is 2.33. The van der Waals surface area contributed by atoms with E-state index in [2.05, 4.69) is 5.32 Å². The average Bonchev–Trinajstić information content (AvgIpc) is 2.41. The van der Waals surface area contributed by atoms with E-state index in [1.807, 2.05) is 0 Å². The van der Waals surface area contributed by atoms with Crippen molar-refractivity contribution in [3.05, 3.63) is 65.2 Å². The Bertz CT molecular complexity index is 723. The molecule has 0 saturated heterocycles. The number of hydrogen-bond donors (Lipinski definition) is 1. The van der Waals surface area contributed by atoms with Gasteiger partial charge in [0.05, 0.1) is 5.41 Å². The molecule has 0 unspecified atom stereocenters. The Balaban J connectivity index is 1.89. The summed E-state index contributed by atoms with van der Waals surface area (Å²) in [7, 11) is 0. The van der Waals surface area contributed by atoms with Gasteiger partial charge in [-0.1, -0.05) is 18.6 Å². The van der Waals surface area contributed by atoms with E-state index in [0.717, 1.165) is 6.42 Å². The summed E-state index contributed by atoms with van der Waals surface area (Å²) >= 11 is 0. The Hall–Kier alpha value is -2.23. The third-order valence-electron chi connectivity index (χ3n) is 4.46. The second kappa shape index (κ2) is 5.52. The Morgan fingerprint density at radius 3 is 2.41 bits per heavy atom. The van der Waals surface area contributed by atoms with E-state index in [9.17, 15) is 13.6 Å². The van der Waals surface area contributed by atoms with Gasteiger partial charge in [-0.05, 0) is 61.2 Å². The zero-order valence-corrected chi connectivity index (χ0v) is 12.3. The molecule has 1 aliphatic carbocycles. The molecule has 2 aromatic rings. The Labute approximate surface area is 128 Å². The lowest BCUT2D eigenvalue weighted by atomic mass is 9.63. The normalized spacial score (nSPS) is 16.0. The number of benzene rings is 2. The maximum absolute atomic E-state index is 13.5. The quantitative estimate of drug-likeness (QED) is 0.898. The first-order chi connectivity index (χ1) is 10.5. The Kier molecular flexibility index (Phi) is 3.69. The zero-order valence-electron chi connectivity index (χ0n) is 12.3. The highest BCUT2D eigenvalue weighted by atomic mass is 19.1. The number of carbonyl (C=O) groups is 1. The molecule has 0 aliphatic heterocycles. The summed E-state index contributed by atoms with van der Waals surface area (Å²) in [6, 6.07) is 10.5. The van der Waals surface area contributed by atoms with Crippen molar-refractivity contribution in [1.82, 2.24) is 0 Å². The van der Waals surface area contributed by atoms with Crippen LogP contribution in [0.4, 0.5) is 14.5 Å². The number of carbonyl (C=O) groups excluding carboxylic acids is 1. The molecule has 0 aromatic heterocycles. The van der Waals surface area contributed by atoms with Crippen LogP contribution >= 0.6 is 0 Å². The highest BCUT2D eigenvalue weighted by molar-refractivity contribution is 6.00. The van der Waals surface area contributed by atoms with E-state index in [1.54, 1.807) is 25.1 Å². The van der Waals surface area contributed by atoms with E-state index in [-0.39, 0.29) is 17.5 Å². The van der Waals surface area contributed by atoms with Crippen molar-refractivity contribution in [3.8, 4) is 0 Å². The van der Waals surface area contributed by atoms with Gasteiger partial charge in [0, 0.05) is 5.69 Å². The molecule has 3 rings (SSSR count). The number of rotatable bonds is 3. The maximum atomic E-state index is 13.5. The molecule has 1 aliphatic rings. The van der Waals surface area contributed by atoms with Gasteiger partial charge < -0.3 is 5.32 Å². The predicted molar refractivity (Wildman–Crippen MR) is 81.7 cm³/mol. The number of hydrogen-bond acceptors (Lipinski definition) is 1. The van der Waals surface area contributed by atoms with Crippen LogP contribution in [0.2, 0.25) is 0 Å². The van der Waals surface area contributed by atoms with Crippen LogP contribution < -0.4 is 5.32 Å². The molecule has 0 atom stereocenters. The summed E-state index contributed by atoms with van der Waals surface area (Å²) < 4.78 is 26.6. The molecule has 1 N–H and O–H groups in total. The van der Waals surface area contributed by atoms with Crippen LogP contribution in [0.25, 0.3) is 0 Å². The smallest absolute Gasteiger partial charge is 0.235 e. The second-order valence-corrected chi connectivity index (χ2v) is 5.86. The average molecular weight is 301 g/mol. The van der Waals surface area contributed by atoms with Gasteiger partial charge in [-0.3, -0.25) is 4.79 Å². The van der Waals surface area contributed by atoms with Crippen molar-refractivity contribution in [2.75, 3.05) is 5.32 Å². The summed E-state index contributed by atoms with van der Waals surface area (Å²) in [4.78, 5) is 12.7. The molecule has 1 saturated carbocycles. The Morgan fingerprint density at radius 1 is 1.09 bits per heavy atom. The standard InChI is InChI=1S/C18H17F2NO/c1-12-10-15(20)6-7-16(12)21-17(22)18(8-3-9-18)13-4-2-5-14(19)11-13/h2,4-7,10-11H,3,8-9H2,1H3,(H,21,22). The molecule has 114 valence electrons. The van der Waals surface area contributed by atoms with Crippen molar-refractivity contribution in [3.63, 3.8) is 0 Å². The number of nitrogens with one attached hydrogen (secondary N) is 1. The van der Waals surface area contributed by atoms with Crippen LogP contribution in [0.5, 0.6) is 0 Å². The summed E-state index contributed by atoms with van der Waals surface area (Å²) in [5, 5.41) is 2.87. The van der Waals surface area contributed by atoms with Gasteiger partial charge in [-0.2, -0.15) is 0 Å². The van der Waals surface area contributed by atoms with Gasteiger partial charge in [0.25, 0.3) is 0 Å². The molecule has 1 fully saturated rings. The van der Waals surface area contributed by atoms with Crippen LogP contribution in [0.3, 0.4) is 0 Å². The molecule has 4 heteroatoms. The molecule has 2 nitrogen and oxygen atoms in total. The lowest BCUT2D eigenvalue weighted by molar-refractivity contribution is -0.124. The first-order valence-corrected chi connectivity index (χ1v) is 7.35. The molecule has 0 heterocycles. The van der Waals surface area contributed by atoms with Crippen LogP contribution in [0.15, 0.2) is 42.5 Å². The van der Waals surface area contributed by atoms with E-state index >= 15 is 0 Å². The number of halogens is 2. The Morgan fingerprint density at radius 2 is 1.82 bits per heavy atom. The fourth-order valence-corrected chi connectivity index (χ4v) is 2.97. The van der Waals surface area contributed by atoms with Crippen LogP contribution in [0.1, 0.15) is 30.4 Å². The minimum atomic E-state index is -0.678. The van der Waals surface area contributed by atoms with Gasteiger partial charge in [0.1, 0.15) is 11.6 Å². The number of aryl methyl sites for hydroxylation is 1. The van der Waals surface area contributed by atoms with E-state index in [4.69, 9.17) is 0 Å². The van der Waals surface area contributed by atoms with Gasteiger partial charge in [0.2, 0.25) is 5.91 Å². The minimum absolute atomic E-state index is 0.154. The first kappa shape index (κ1) is 14.7. The van der Waals surface area contributed by atoms with Gasteiger partial charge in [0.15, 0.2) is 0 Å². The molecule has 1 amide bonds. The number of anilines is 1. The molecular formula is C18H17F2NO. The molecule has 0 bridgehead atoms. The van der Waals surface area contributed by atoms with Crippen LogP contribution in [-0.2, 0) is 10.2 Å². The van der Waals surface area contributed by atoms with E-state index < -0.39 is 5.41 Å².